The number of rotatable bonds is 6. The maximum atomic E-state index is 12.2. The summed E-state index contributed by atoms with van der Waals surface area (Å²) in [5.41, 5.74) is 5.20. The third-order valence-corrected chi connectivity index (χ3v) is 2.29. The first-order chi connectivity index (χ1) is 8.42. The summed E-state index contributed by atoms with van der Waals surface area (Å²) in [5.74, 6) is -0.00256. The predicted octanol–water partition coefficient (Wildman–Crippen LogP) is 1.56. The van der Waals surface area contributed by atoms with Gasteiger partial charge in [0.1, 0.15) is 12.3 Å². The Morgan fingerprint density at radius 1 is 1.44 bits per heavy atom. The highest BCUT2D eigenvalue weighted by Crippen LogP contribution is 2.17. The fourth-order valence-corrected chi connectivity index (χ4v) is 1.51. The standard InChI is InChI=1S/C11H15F3N2O2/c12-11(13,14)8-16(6-5-15)10(17)4-3-9-2-1-7-18-9/h1-2,7H,3-6,8,15H2. The molecule has 1 aromatic heterocycles. The van der Waals surface area contributed by atoms with Crippen molar-refractivity contribution in [2.45, 2.75) is 19.0 Å². The van der Waals surface area contributed by atoms with Gasteiger partial charge in [-0.15, -0.1) is 0 Å². The third kappa shape index (κ3) is 5.22. The summed E-state index contributed by atoms with van der Waals surface area (Å²) in [7, 11) is 0. The van der Waals surface area contributed by atoms with Gasteiger partial charge in [-0.1, -0.05) is 0 Å². The van der Waals surface area contributed by atoms with E-state index in [1.165, 1.54) is 6.26 Å². The second kappa shape index (κ2) is 6.44. The fourth-order valence-electron chi connectivity index (χ4n) is 1.51. The highest BCUT2D eigenvalue weighted by atomic mass is 19.4. The second-order valence-electron chi connectivity index (χ2n) is 3.80. The number of nitrogens with zero attached hydrogens (tertiary/aromatic N) is 1. The van der Waals surface area contributed by atoms with Crippen LogP contribution in [0.15, 0.2) is 22.8 Å². The number of halogens is 3. The van der Waals surface area contributed by atoms with Crippen molar-refractivity contribution in [3.63, 3.8) is 0 Å². The van der Waals surface area contributed by atoms with Gasteiger partial charge in [-0.25, -0.2) is 0 Å². The minimum Gasteiger partial charge on any atom is -0.469 e. The number of nitrogens with two attached hydrogens (primary N) is 1. The van der Waals surface area contributed by atoms with E-state index < -0.39 is 18.6 Å². The molecule has 0 aliphatic heterocycles. The number of carbonyl (C=O) groups is 1. The molecule has 0 aliphatic carbocycles. The molecule has 1 rings (SSSR count). The lowest BCUT2D eigenvalue weighted by atomic mass is 10.2. The summed E-state index contributed by atoms with van der Waals surface area (Å²) in [4.78, 5) is 12.4. The van der Waals surface area contributed by atoms with Crippen molar-refractivity contribution in [2.24, 2.45) is 5.73 Å². The molecule has 0 spiro atoms. The number of alkyl halides is 3. The molecule has 4 nitrogen and oxygen atoms in total. The number of amides is 1. The van der Waals surface area contributed by atoms with Gasteiger partial charge in [-0.05, 0) is 12.1 Å². The van der Waals surface area contributed by atoms with E-state index in [4.69, 9.17) is 10.2 Å². The van der Waals surface area contributed by atoms with Crippen LogP contribution >= 0.6 is 0 Å². The van der Waals surface area contributed by atoms with Crippen molar-refractivity contribution in [1.82, 2.24) is 4.90 Å². The van der Waals surface area contributed by atoms with Gasteiger partial charge < -0.3 is 15.1 Å². The zero-order chi connectivity index (χ0) is 13.6. The number of hydrogen-bond donors (Lipinski definition) is 1. The maximum Gasteiger partial charge on any atom is 0.406 e. The molecule has 0 unspecified atom stereocenters. The molecule has 1 aromatic rings. The average molecular weight is 264 g/mol. The Balaban J connectivity index is 2.48. The molecule has 2 N–H and O–H groups in total. The van der Waals surface area contributed by atoms with E-state index in [9.17, 15) is 18.0 Å². The van der Waals surface area contributed by atoms with E-state index in [0.717, 1.165) is 4.90 Å². The van der Waals surface area contributed by atoms with Gasteiger partial charge >= 0.3 is 6.18 Å². The van der Waals surface area contributed by atoms with E-state index in [2.05, 4.69) is 0 Å². The lowest BCUT2D eigenvalue weighted by Crippen LogP contribution is -2.41. The lowest BCUT2D eigenvalue weighted by molar-refractivity contribution is -0.160. The molecule has 1 amide bonds. The number of aryl methyl sites for hydroxylation is 1. The first-order valence-electron chi connectivity index (χ1n) is 5.49. The Morgan fingerprint density at radius 2 is 2.17 bits per heavy atom. The Bertz CT molecular complexity index is 363. The predicted molar refractivity (Wildman–Crippen MR) is 58.7 cm³/mol. The Hall–Kier alpha value is -1.50. The first kappa shape index (κ1) is 14.6. The zero-order valence-corrected chi connectivity index (χ0v) is 9.74. The molecule has 0 atom stereocenters. The quantitative estimate of drug-likeness (QED) is 0.848. The highest BCUT2D eigenvalue weighted by molar-refractivity contribution is 5.76. The van der Waals surface area contributed by atoms with Crippen LogP contribution < -0.4 is 5.73 Å². The monoisotopic (exact) mass is 264 g/mol. The van der Waals surface area contributed by atoms with E-state index in [1.54, 1.807) is 12.1 Å². The van der Waals surface area contributed by atoms with Gasteiger partial charge in [0.15, 0.2) is 0 Å². The van der Waals surface area contributed by atoms with E-state index in [-0.39, 0.29) is 25.9 Å². The van der Waals surface area contributed by atoms with Crippen LogP contribution in [0, 0.1) is 0 Å². The maximum absolute atomic E-state index is 12.2. The number of furan rings is 1. The third-order valence-electron chi connectivity index (χ3n) is 2.29. The van der Waals surface area contributed by atoms with Gasteiger partial charge in [0, 0.05) is 25.9 Å². The topological polar surface area (TPSA) is 59.5 Å². The van der Waals surface area contributed by atoms with Crippen LogP contribution in [0.3, 0.4) is 0 Å². The van der Waals surface area contributed by atoms with Crippen LogP contribution in [0.4, 0.5) is 13.2 Å². The van der Waals surface area contributed by atoms with Crippen molar-refractivity contribution in [3.05, 3.63) is 24.2 Å². The van der Waals surface area contributed by atoms with Crippen molar-refractivity contribution in [2.75, 3.05) is 19.6 Å². The Morgan fingerprint density at radius 3 is 2.67 bits per heavy atom. The fraction of sp³-hybridized carbons (Fsp3) is 0.545. The highest BCUT2D eigenvalue weighted by Gasteiger charge is 2.32. The largest absolute Gasteiger partial charge is 0.469 e. The molecule has 102 valence electrons. The molecule has 0 fully saturated rings. The summed E-state index contributed by atoms with van der Waals surface area (Å²) >= 11 is 0. The zero-order valence-electron chi connectivity index (χ0n) is 9.74. The van der Waals surface area contributed by atoms with Crippen LogP contribution in [0.5, 0.6) is 0 Å². The van der Waals surface area contributed by atoms with Gasteiger partial charge in [0.05, 0.1) is 6.26 Å². The first-order valence-corrected chi connectivity index (χ1v) is 5.49. The van der Waals surface area contributed by atoms with Gasteiger partial charge in [0.25, 0.3) is 0 Å². The van der Waals surface area contributed by atoms with Crippen molar-refractivity contribution < 1.29 is 22.4 Å². The molecule has 1 heterocycles. The van der Waals surface area contributed by atoms with E-state index >= 15 is 0 Å². The van der Waals surface area contributed by atoms with Crippen LogP contribution in [-0.2, 0) is 11.2 Å². The molecular formula is C11H15F3N2O2. The molecule has 0 aromatic carbocycles. The van der Waals surface area contributed by atoms with Crippen LogP contribution in [0.25, 0.3) is 0 Å². The SMILES string of the molecule is NCCN(CC(F)(F)F)C(=O)CCc1ccco1. The molecule has 0 bridgehead atoms. The molecule has 0 saturated heterocycles. The normalized spacial score (nSPS) is 11.6. The molecule has 7 heteroatoms. The van der Waals surface area contributed by atoms with Crippen molar-refractivity contribution in [1.29, 1.82) is 0 Å². The summed E-state index contributed by atoms with van der Waals surface area (Å²) in [6.07, 6.45) is -2.70. The van der Waals surface area contributed by atoms with Gasteiger partial charge in [0.2, 0.25) is 5.91 Å². The summed E-state index contributed by atoms with van der Waals surface area (Å²) < 4.78 is 41.8. The van der Waals surface area contributed by atoms with Gasteiger partial charge in [-0.2, -0.15) is 13.2 Å². The van der Waals surface area contributed by atoms with Crippen molar-refractivity contribution >= 4 is 5.91 Å². The summed E-state index contributed by atoms with van der Waals surface area (Å²) in [6.45, 7) is -1.36. The Kier molecular flexibility index (Phi) is 5.21. The molecular weight excluding hydrogens is 249 g/mol. The van der Waals surface area contributed by atoms with Crippen LogP contribution in [0.2, 0.25) is 0 Å². The van der Waals surface area contributed by atoms with E-state index in [0.29, 0.717) is 5.76 Å². The van der Waals surface area contributed by atoms with Crippen LogP contribution in [0.1, 0.15) is 12.2 Å². The second-order valence-corrected chi connectivity index (χ2v) is 3.80. The Labute approximate surface area is 103 Å². The number of hydrogen-bond acceptors (Lipinski definition) is 3. The average Bonchev–Trinajstić information content (AvgIpc) is 2.76. The smallest absolute Gasteiger partial charge is 0.406 e. The van der Waals surface area contributed by atoms with E-state index in [1.807, 2.05) is 0 Å². The van der Waals surface area contributed by atoms with Gasteiger partial charge in [-0.3, -0.25) is 4.79 Å². The molecule has 0 saturated carbocycles. The molecule has 18 heavy (non-hydrogen) atoms. The summed E-state index contributed by atoms with van der Waals surface area (Å²) in [5, 5.41) is 0. The number of carbonyl (C=O) groups excluding carboxylic acids is 1. The minimum atomic E-state index is -4.41. The van der Waals surface area contributed by atoms with Crippen molar-refractivity contribution in [3.8, 4) is 0 Å². The minimum absolute atomic E-state index is 0.00255. The molecule has 0 radical (unpaired) electrons. The molecule has 0 aliphatic rings. The van der Waals surface area contributed by atoms with Crippen LogP contribution in [-0.4, -0.2) is 36.6 Å². The summed E-state index contributed by atoms with van der Waals surface area (Å²) in [6, 6.07) is 3.33. The lowest BCUT2D eigenvalue weighted by Gasteiger charge is -2.23.